The number of ketones is 1. The molecule has 1 aromatic rings. The molecule has 0 amide bonds. The van der Waals surface area contributed by atoms with E-state index < -0.39 is 0 Å². The Labute approximate surface area is 98.6 Å². The van der Waals surface area contributed by atoms with Gasteiger partial charge in [0.2, 0.25) is 0 Å². The summed E-state index contributed by atoms with van der Waals surface area (Å²) in [7, 11) is 0. The fraction of sp³-hybridized carbons (Fsp3) is 0.583. The molecule has 1 aliphatic heterocycles. The second-order valence-electron chi connectivity index (χ2n) is 4.62. The summed E-state index contributed by atoms with van der Waals surface area (Å²) in [5.41, 5.74) is 4.53. The van der Waals surface area contributed by atoms with Gasteiger partial charge < -0.3 is 10.1 Å². The van der Waals surface area contributed by atoms with Gasteiger partial charge in [0.15, 0.2) is 5.78 Å². The van der Waals surface area contributed by atoms with Crippen molar-refractivity contribution in [3.63, 3.8) is 0 Å². The summed E-state index contributed by atoms with van der Waals surface area (Å²) in [5.74, 6) is 2.45. The van der Waals surface area contributed by atoms with Gasteiger partial charge in [0, 0.05) is 35.7 Å². The van der Waals surface area contributed by atoms with Crippen LogP contribution in [0, 0.1) is 5.92 Å². The van der Waals surface area contributed by atoms with Gasteiger partial charge in [0.05, 0.1) is 0 Å². The number of fused-ring (bicyclic) bond motifs is 3. The molecule has 0 saturated heterocycles. The summed E-state index contributed by atoms with van der Waals surface area (Å²) >= 11 is 1.90. The van der Waals surface area contributed by atoms with Gasteiger partial charge in [-0.15, -0.1) is 0 Å². The highest BCUT2D eigenvalue weighted by molar-refractivity contribution is 7.98. The Morgan fingerprint density at radius 2 is 2.25 bits per heavy atom. The Hall–Kier alpha value is -0.740. The number of carbonyl (C=O) groups excluding carboxylic acids is 1. The lowest BCUT2D eigenvalue weighted by molar-refractivity contribution is 0.0917. The van der Waals surface area contributed by atoms with E-state index in [0.29, 0.717) is 6.42 Å². The van der Waals surface area contributed by atoms with Crippen molar-refractivity contribution in [1.82, 2.24) is 4.98 Å². The molecule has 2 N–H and O–H groups in total. The molecule has 16 heavy (non-hydrogen) atoms. The molecule has 0 fully saturated rings. The van der Waals surface area contributed by atoms with E-state index in [4.69, 9.17) is 5.11 Å². The maximum atomic E-state index is 12.0. The highest BCUT2D eigenvalue weighted by Gasteiger charge is 2.31. The number of thioether (sulfide) groups is 1. The second kappa shape index (κ2) is 3.93. The van der Waals surface area contributed by atoms with Gasteiger partial charge in [-0.25, -0.2) is 0 Å². The summed E-state index contributed by atoms with van der Waals surface area (Å²) in [6.45, 7) is 0.115. The molecule has 0 bridgehead atoms. The van der Waals surface area contributed by atoms with Crippen molar-refractivity contribution in [2.45, 2.75) is 25.0 Å². The van der Waals surface area contributed by atoms with Crippen molar-refractivity contribution in [2.24, 2.45) is 5.92 Å². The smallest absolute Gasteiger partial charge is 0.165 e. The molecule has 86 valence electrons. The molecule has 0 aromatic carbocycles. The minimum atomic E-state index is 0.115. The largest absolute Gasteiger partial charge is 0.396 e. The molecule has 1 aliphatic carbocycles. The first-order valence-electron chi connectivity index (χ1n) is 5.74. The first-order valence-corrected chi connectivity index (χ1v) is 6.89. The van der Waals surface area contributed by atoms with Crippen LogP contribution >= 0.6 is 11.8 Å². The number of nitrogens with one attached hydrogen (secondary N) is 1. The van der Waals surface area contributed by atoms with Crippen molar-refractivity contribution in [3.05, 3.63) is 22.5 Å². The van der Waals surface area contributed by atoms with Crippen LogP contribution in [0.25, 0.3) is 0 Å². The first-order chi connectivity index (χ1) is 7.79. The van der Waals surface area contributed by atoms with Crippen LogP contribution in [-0.4, -0.2) is 28.2 Å². The van der Waals surface area contributed by atoms with Crippen molar-refractivity contribution in [2.75, 3.05) is 12.4 Å². The Morgan fingerprint density at radius 3 is 3.06 bits per heavy atom. The quantitative estimate of drug-likeness (QED) is 0.779. The summed E-state index contributed by atoms with van der Waals surface area (Å²) in [5, 5.41) is 9.17. The van der Waals surface area contributed by atoms with Crippen molar-refractivity contribution < 1.29 is 9.90 Å². The average molecular weight is 237 g/mol. The molecular formula is C12H15NO2S. The lowest BCUT2D eigenvalue weighted by Gasteiger charge is -2.20. The Morgan fingerprint density at radius 1 is 1.38 bits per heavy atom. The zero-order chi connectivity index (χ0) is 11.1. The normalized spacial score (nSPS) is 24.1. The maximum absolute atomic E-state index is 12.0. The number of aromatic amines is 1. The molecule has 0 spiro atoms. The average Bonchev–Trinajstić information content (AvgIpc) is 2.67. The third kappa shape index (κ3) is 1.52. The minimum absolute atomic E-state index is 0.115. The number of H-pyrrole nitrogens is 1. The molecule has 3 rings (SSSR count). The third-order valence-corrected chi connectivity index (χ3v) is 4.50. The SMILES string of the molecule is O=C1CC(CO)Cc2[nH]c3c(c21)CSCC3. The van der Waals surface area contributed by atoms with E-state index in [-0.39, 0.29) is 18.3 Å². The van der Waals surface area contributed by atoms with Crippen LogP contribution in [0.1, 0.15) is 33.7 Å². The highest BCUT2D eigenvalue weighted by atomic mass is 32.2. The Kier molecular flexibility index (Phi) is 2.56. The van der Waals surface area contributed by atoms with Gasteiger partial charge in [-0.3, -0.25) is 4.79 Å². The molecule has 0 saturated carbocycles. The van der Waals surface area contributed by atoms with Gasteiger partial charge in [0.1, 0.15) is 0 Å². The molecule has 0 radical (unpaired) electrons. The molecule has 1 aromatic heterocycles. The zero-order valence-corrected chi connectivity index (χ0v) is 9.90. The van der Waals surface area contributed by atoms with E-state index in [2.05, 4.69) is 4.98 Å². The van der Waals surface area contributed by atoms with Crippen LogP contribution in [-0.2, 0) is 18.6 Å². The minimum Gasteiger partial charge on any atom is -0.396 e. The zero-order valence-electron chi connectivity index (χ0n) is 9.08. The molecular weight excluding hydrogens is 222 g/mol. The fourth-order valence-corrected chi connectivity index (χ4v) is 3.73. The summed E-state index contributed by atoms with van der Waals surface area (Å²) < 4.78 is 0. The predicted molar refractivity (Wildman–Crippen MR) is 63.9 cm³/mol. The molecule has 1 atom stereocenters. The Bertz CT molecular complexity index is 438. The number of aromatic nitrogens is 1. The number of hydrogen-bond donors (Lipinski definition) is 2. The van der Waals surface area contributed by atoms with E-state index in [1.807, 2.05) is 11.8 Å². The summed E-state index contributed by atoms with van der Waals surface area (Å²) in [4.78, 5) is 15.5. The van der Waals surface area contributed by atoms with Crippen LogP contribution in [0.3, 0.4) is 0 Å². The monoisotopic (exact) mass is 237 g/mol. The number of aryl methyl sites for hydroxylation is 1. The fourth-order valence-electron chi connectivity index (χ4n) is 2.72. The van der Waals surface area contributed by atoms with Gasteiger partial charge >= 0.3 is 0 Å². The summed E-state index contributed by atoms with van der Waals surface area (Å²) in [6.07, 6.45) is 2.39. The topological polar surface area (TPSA) is 53.1 Å². The second-order valence-corrected chi connectivity index (χ2v) is 5.72. The Balaban J connectivity index is 2.05. The molecule has 2 heterocycles. The van der Waals surface area contributed by atoms with Crippen LogP contribution in [0.2, 0.25) is 0 Å². The van der Waals surface area contributed by atoms with E-state index >= 15 is 0 Å². The van der Waals surface area contributed by atoms with E-state index in [1.54, 1.807) is 0 Å². The lowest BCUT2D eigenvalue weighted by Crippen LogP contribution is -2.22. The van der Waals surface area contributed by atoms with E-state index in [9.17, 15) is 4.79 Å². The lowest BCUT2D eigenvalue weighted by atomic mass is 9.86. The molecule has 1 unspecified atom stereocenters. The van der Waals surface area contributed by atoms with Crippen LogP contribution in [0.15, 0.2) is 0 Å². The third-order valence-electron chi connectivity index (χ3n) is 3.52. The van der Waals surface area contributed by atoms with Gasteiger partial charge in [0.25, 0.3) is 0 Å². The predicted octanol–water partition coefficient (Wildman–Crippen LogP) is 1.54. The molecule has 2 aliphatic rings. The number of aliphatic hydroxyl groups excluding tert-OH is 1. The van der Waals surface area contributed by atoms with Crippen LogP contribution in [0.4, 0.5) is 0 Å². The molecule has 3 nitrogen and oxygen atoms in total. The van der Waals surface area contributed by atoms with Crippen LogP contribution in [0.5, 0.6) is 0 Å². The van der Waals surface area contributed by atoms with Crippen molar-refractivity contribution in [3.8, 4) is 0 Å². The maximum Gasteiger partial charge on any atom is 0.165 e. The first kappa shape index (κ1) is 10.4. The van der Waals surface area contributed by atoms with Crippen molar-refractivity contribution in [1.29, 1.82) is 0 Å². The van der Waals surface area contributed by atoms with Gasteiger partial charge in [-0.2, -0.15) is 11.8 Å². The van der Waals surface area contributed by atoms with E-state index in [0.717, 1.165) is 35.6 Å². The standard InChI is InChI=1S/C12H15NO2S/c14-5-7-3-10-12(11(15)4-7)8-6-16-2-1-9(8)13-10/h7,13-14H,1-6H2. The number of hydrogen-bond acceptors (Lipinski definition) is 3. The van der Waals surface area contributed by atoms with Crippen molar-refractivity contribution >= 4 is 17.5 Å². The number of carbonyl (C=O) groups is 1. The van der Waals surface area contributed by atoms with Gasteiger partial charge in [-0.1, -0.05) is 0 Å². The van der Waals surface area contributed by atoms with Crippen LogP contribution < -0.4 is 0 Å². The van der Waals surface area contributed by atoms with E-state index in [1.165, 1.54) is 11.3 Å². The number of rotatable bonds is 1. The van der Waals surface area contributed by atoms with Gasteiger partial charge in [-0.05, 0) is 30.1 Å². The number of Topliss-reactive ketones (excluding diaryl/α,β-unsaturated/α-hetero) is 1. The molecule has 4 heteroatoms. The summed E-state index contributed by atoms with van der Waals surface area (Å²) in [6, 6.07) is 0. The highest BCUT2D eigenvalue weighted by Crippen LogP contribution is 2.34. The number of aliphatic hydroxyl groups is 1.